The fourth-order valence-corrected chi connectivity index (χ4v) is 3.68. The Balaban J connectivity index is 1.63. The van der Waals surface area contributed by atoms with Crippen LogP contribution in [-0.2, 0) is 11.3 Å². The van der Waals surface area contributed by atoms with Crippen molar-refractivity contribution in [2.75, 3.05) is 37.4 Å². The van der Waals surface area contributed by atoms with Crippen molar-refractivity contribution in [1.82, 2.24) is 4.90 Å². The Morgan fingerprint density at radius 2 is 2.13 bits per heavy atom. The predicted octanol–water partition coefficient (Wildman–Crippen LogP) is 1.87. The van der Waals surface area contributed by atoms with Crippen LogP contribution in [-0.4, -0.2) is 44.0 Å². The molecule has 1 aromatic heterocycles. The van der Waals surface area contributed by atoms with Crippen molar-refractivity contribution in [3.8, 4) is 0 Å². The fourth-order valence-electron chi connectivity index (χ4n) is 3.68. The molecule has 2 heterocycles. The van der Waals surface area contributed by atoms with Gasteiger partial charge in [-0.15, -0.1) is 0 Å². The first kappa shape index (κ1) is 16.1. The number of nitrogens with one attached hydrogen (secondary N) is 1. The van der Waals surface area contributed by atoms with Crippen molar-refractivity contribution >= 4 is 17.3 Å². The molecule has 0 bridgehead atoms. The molecule has 0 unspecified atom stereocenters. The Morgan fingerprint density at radius 3 is 2.87 bits per heavy atom. The van der Waals surface area contributed by atoms with Crippen LogP contribution in [0, 0.1) is 5.92 Å². The van der Waals surface area contributed by atoms with Crippen molar-refractivity contribution < 1.29 is 9.36 Å². The summed E-state index contributed by atoms with van der Waals surface area (Å²) in [5.74, 6) is 1.02. The van der Waals surface area contributed by atoms with Gasteiger partial charge in [0.25, 0.3) is 5.91 Å². The van der Waals surface area contributed by atoms with Crippen LogP contribution in [0.2, 0.25) is 0 Å². The van der Waals surface area contributed by atoms with E-state index < -0.39 is 0 Å². The van der Waals surface area contributed by atoms with E-state index in [1.54, 1.807) is 0 Å². The molecule has 0 aromatic carbocycles. The fraction of sp³-hybridized carbons (Fsp3) is 0.667. The number of hydrogen-bond donors (Lipinski definition) is 1. The van der Waals surface area contributed by atoms with Gasteiger partial charge in [0, 0.05) is 39.3 Å². The van der Waals surface area contributed by atoms with E-state index in [0.29, 0.717) is 12.6 Å². The maximum absolute atomic E-state index is 12.6. The zero-order valence-corrected chi connectivity index (χ0v) is 14.6. The maximum atomic E-state index is 12.6. The van der Waals surface area contributed by atoms with E-state index in [0.717, 1.165) is 37.5 Å². The average Bonchev–Trinajstić information content (AvgIpc) is 2.55. The second-order valence-electron chi connectivity index (χ2n) is 7.18. The van der Waals surface area contributed by atoms with Gasteiger partial charge >= 0.3 is 0 Å². The van der Waals surface area contributed by atoms with Crippen molar-refractivity contribution in [1.29, 1.82) is 0 Å². The summed E-state index contributed by atoms with van der Waals surface area (Å²) in [5, 5.41) is 3.42. The highest BCUT2D eigenvalue weighted by Gasteiger charge is 2.27. The summed E-state index contributed by atoms with van der Waals surface area (Å²) in [7, 11) is 4.07. The van der Waals surface area contributed by atoms with Crippen LogP contribution in [0.1, 0.15) is 32.6 Å². The summed E-state index contributed by atoms with van der Waals surface area (Å²) < 4.78 is 2.00. The SMILES string of the molecule is CC1CCC(N(C)C(=O)C[n+]2ccc3c(c2)NCCN3C)CC1. The van der Waals surface area contributed by atoms with Gasteiger partial charge in [-0.1, -0.05) is 6.92 Å². The predicted molar refractivity (Wildman–Crippen MR) is 92.6 cm³/mol. The van der Waals surface area contributed by atoms with Crippen LogP contribution in [0.5, 0.6) is 0 Å². The van der Waals surface area contributed by atoms with Crippen LogP contribution in [0.25, 0.3) is 0 Å². The van der Waals surface area contributed by atoms with E-state index in [4.69, 9.17) is 0 Å². The van der Waals surface area contributed by atoms with E-state index in [1.165, 1.54) is 18.5 Å². The number of carbonyl (C=O) groups excluding carboxylic acids is 1. The zero-order chi connectivity index (χ0) is 16.4. The summed E-state index contributed by atoms with van der Waals surface area (Å²) in [5.41, 5.74) is 2.32. The Bertz CT molecular complexity index is 566. The molecule has 3 rings (SSSR count). The Kier molecular flexibility index (Phi) is 4.74. The number of fused-ring (bicyclic) bond motifs is 1. The molecule has 1 N–H and O–H groups in total. The third-order valence-corrected chi connectivity index (χ3v) is 5.41. The molecule has 126 valence electrons. The largest absolute Gasteiger partial charge is 0.377 e. The summed E-state index contributed by atoms with van der Waals surface area (Å²) in [4.78, 5) is 16.8. The summed E-state index contributed by atoms with van der Waals surface area (Å²) in [6.45, 7) is 4.69. The van der Waals surface area contributed by atoms with Gasteiger partial charge in [-0.2, -0.15) is 4.57 Å². The lowest BCUT2D eigenvalue weighted by atomic mass is 9.87. The summed E-state index contributed by atoms with van der Waals surface area (Å²) >= 11 is 0. The molecule has 1 aromatic rings. The minimum Gasteiger partial charge on any atom is -0.377 e. The third-order valence-electron chi connectivity index (χ3n) is 5.41. The van der Waals surface area contributed by atoms with Crippen LogP contribution < -0.4 is 14.8 Å². The van der Waals surface area contributed by atoms with Gasteiger partial charge in [0.15, 0.2) is 12.4 Å². The molecule has 1 aliphatic carbocycles. The van der Waals surface area contributed by atoms with Crippen molar-refractivity contribution in [2.45, 2.75) is 45.2 Å². The number of amides is 1. The van der Waals surface area contributed by atoms with Crippen LogP contribution in [0.15, 0.2) is 18.5 Å². The molecule has 23 heavy (non-hydrogen) atoms. The summed E-state index contributed by atoms with van der Waals surface area (Å²) in [6.07, 6.45) is 8.83. The number of rotatable bonds is 3. The molecule has 1 aliphatic heterocycles. The normalized spacial score (nSPS) is 23.9. The number of hydrogen-bond acceptors (Lipinski definition) is 3. The molecule has 1 amide bonds. The highest BCUT2D eigenvalue weighted by atomic mass is 16.2. The number of aromatic nitrogens is 1. The lowest BCUT2D eigenvalue weighted by Crippen LogP contribution is -2.47. The minimum absolute atomic E-state index is 0.207. The van der Waals surface area contributed by atoms with E-state index in [1.807, 2.05) is 22.7 Å². The molecular formula is C18H29N4O+. The molecule has 0 spiro atoms. The van der Waals surface area contributed by atoms with Crippen LogP contribution >= 0.6 is 0 Å². The number of anilines is 2. The first-order valence-electron chi connectivity index (χ1n) is 8.78. The number of likely N-dealkylation sites (N-methyl/N-ethyl adjacent to an activating group) is 2. The van der Waals surface area contributed by atoms with Gasteiger partial charge in [0.2, 0.25) is 6.54 Å². The molecule has 5 heteroatoms. The van der Waals surface area contributed by atoms with Gasteiger partial charge in [-0.05, 0) is 31.6 Å². The quantitative estimate of drug-likeness (QED) is 0.865. The Morgan fingerprint density at radius 1 is 1.39 bits per heavy atom. The molecule has 0 radical (unpaired) electrons. The number of pyridine rings is 1. The minimum atomic E-state index is 0.207. The highest BCUT2D eigenvalue weighted by molar-refractivity contribution is 5.75. The Labute approximate surface area is 139 Å². The van der Waals surface area contributed by atoms with Gasteiger partial charge in [0.1, 0.15) is 5.69 Å². The highest BCUT2D eigenvalue weighted by Crippen LogP contribution is 2.27. The number of nitrogens with zero attached hydrogens (tertiary/aromatic N) is 3. The lowest BCUT2D eigenvalue weighted by Gasteiger charge is -2.33. The van der Waals surface area contributed by atoms with Crippen LogP contribution in [0.3, 0.4) is 0 Å². The van der Waals surface area contributed by atoms with E-state index in [2.05, 4.69) is 36.5 Å². The molecule has 5 nitrogen and oxygen atoms in total. The van der Waals surface area contributed by atoms with Crippen molar-refractivity contribution in [3.63, 3.8) is 0 Å². The number of carbonyl (C=O) groups is 1. The van der Waals surface area contributed by atoms with Gasteiger partial charge in [0.05, 0.1) is 5.69 Å². The maximum Gasteiger partial charge on any atom is 0.288 e. The van der Waals surface area contributed by atoms with Crippen molar-refractivity contribution in [3.05, 3.63) is 18.5 Å². The van der Waals surface area contributed by atoms with Gasteiger partial charge in [-0.25, -0.2) is 0 Å². The summed E-state index contributed by atoms with van der Waals surface area (Å²) in [6, 6.07) is 2.51. The zero-order valence-electron chi connectivity index (χ0n) is 14.6. The molecule has 1 saturated carbocycles. The topological polar surface area (TPSA) is 39.5 Å². The van der Waals surface area contributed by atoms with E-state index in [-0.39, 0.29) is 5.91 Å². The smallest absolute Gasteiger partial charge is 0.288 e. The monoisotopic (exact) mass is 317 g/mol. The first-order valence-corrected chi connectivity index (χ1v) is 8.78. The second-order valence-corrected chi connectivity index (χ2v) is 7.18. The molecule has 0 atom stereocenters. The molecule has 2 aliphatic rings. The third kappa shape index (κ3) is 3.59. The van der Waals surface area contributed by atoms with Crippen molar-refractivity contribution in [2.24, 2.45) is 5.92 Å². The van der Waals surface area contributed by atoms with Gasteiger partial charge < -0.3 is 15.1 Å². The lowest BCUT2D eigenvalue weighted by molar-refractivity contribution is -0.684. The standard InChI is InChI=1S/C18H29N4O/c1-14-4-6-15(7-5-14)21(3)18(23)13-22-10-8-17-16(12-22)19-9-11-20(17)2/h8,10,12,14-15,19H,4-7,9,11,13H2,1-3H3/q+1. The second kappa shape index (κ2) is 6.77. The molecule has 1 fully saturated rings. The molecular weight excluding hydrogens is 288 g/mol. The van der Waals surface area contributed by atoms with Gasteiger partial charge in [-0.3, -0.25) is 4.79 Å². The Hall–Kier alpha value is -1.78. The van der Waals surface area contributed by atoms with E-state index >= 15 is 0 Å². The first-order chi connectivity index (χ1) is 11.0. The van der Waals surface area contributed by atoms with E-state index in [9.17, 15) is 4.79 Å². The average molecular weight is 317 g/mol. The van der Waals surface area contributed by atoms with Crippen LogP contribution in [0.4, 0.5) is 11.4 Å². The molecule has 0 saturated heterocycles.